The van der Waals surface area contributed by atoms with Crippen molar-refractivity contribution >= 4 is 33.3 Å². The normalized spacial score (nSPS) is 11.2. The fourth-order valence-corrected chi connectivity index (χ4v) is 3.16. The van der Waals surface area contributed by atoms with Crippen molar-refractivity contribution in [3.8, 4) is 5.75 Å². The number of carboxylic acids is 1. The molecule has 0 unspecified atom stereocenters. The van der Waals surface area contributed by atoms with E-state index in [4.69, 9.17) is 16.7 Å². The summed E-state index contributed by atoms with van der Waals surface area (Å²) in [6, 6.07) is 7.58. The first-order valence-electron chi connectivity index (χ1n) is 6.06. The Labute approximate surface area is 132 Å². The minimum absolute atomic E-state index is 0.0140. The number of hydrogen-bond acceptors (Lipinski definition) is 4. The number of aromatic hydroxyl groups is 1. The second-order valence-corrected chi connectivity index (χ2v) is 6.64. The van der Waals surface area contributed by atoms with Crippen molar-refractivity contribution in [3.63, 3.8) is 0 Å². The first-order valence-corrected chi connectivity index (χ1v) is 7.92. The maximum absolute atomic E-state index is 12.3. The fraction of sp³-hybridized carbons (Fsp3) is 0.0714. The summed E-state index contributed by atoms with van der Waals surface area (Å²) in [6.07, 6.45) is 0. The van der Waals surface area contributed by atoms with Crippen molar-refractivity contribution < 1.29 is 23.4 Å². The van der Waals surface area contributed by atoms with E-state index in [0.717, 1.165) is 6.07 Å². The van der Waals surface area contributed by atoms with Crippen molar-refractivity contribution in [2.45, 2.75) is 11.8 Å². The summed E-state index contributed by atoms with van der Waals surface area (Å²) in [5.41, 5.74) is 0.507. The third-order valence-corrected chi connectivity index (χ3v) is 4.63. The van der Waals surface area contributed by atoms with Gasteiger partial charge in [-0.2, -0.15) is 0 Å². The van der Waals surface area contributed by atoms with Crippen LogP contribution in [-0.2, 0) is 10.0 Å². The van der Waals surface area contributed by atoms with Gasteiger partial charge < -0.3 is 10.2 Å². The van der Waals surface area contributed by atoms with E-state index in [1.54, 1.807) is 6.92 Å². The molecule has 2 aromatic rings. The largest absolute Gasteiger partial charge is 0.508 e. The Morgan fingerprint density at radius 1 is 1.18 bits per heavy atom. The number of aromatic carboxylic acids is 1. The average molecular weight is 342 g/mol. The molecule has 0 amide bonds. The van der Waals surface area contributed by atoms with Crippen molar-refractivity contribution in [1.29, 1.82) is 0 Å². The van der Waals surface area contributed by atoms with Gasteiger partial charge in [0.05, 0.1) is 21.2 Å². The number of rotatable bonds is 4. The quantitative estimate of drug-likeness (QED) is 0.742. The Balaban J connectivity index is 2.42. The Kier molecular flexibility index (Phi) is 4.30. The average Bonchev–Trinajstić information content (AvgIpc) is 2.42. The molecule has 0 saturated carbocycles. The second kappa shape index (κ2) is 5.86. The Morgan fingerprint density at radius 2 is 1.86 bits per heavy atom. The van der Waals surface area contributed by atoms with Crippen LogP contribution in [0.15, 0.2) is 41.3 Å². The first kappa shape index (κ1) is 16.1. The zero-order valence-electron chi connectivity index (χ0n) is 11.4. The number of halogens is 1. The van der Waals surface area contributed by atoms with Gasteiger partial charge in [0.2, 0.25) is 0 Å². The number of phenols is 1. The highest BCUT2D eigenvalue weighted by Crippen LogP contribution is 2.25. The molecule has 0 atom stereocenters. The third-order valence-electron chi connectivity index (χ3n) is 2.93. The summed E-state index contributed by atoms with van der Waals surface area (Å²) in [5, 5.41) is 18.3. The zero-order valence-corrected chi connectivity index (χ0v) is 12.9. The standard InChI is InChI=1S/C14H12ClNO5S/c1-8-6-9(17)2-5-13(8)16-22(20,21)10-3-4-12(15)11(7-10)14(18)19/h2-7,16-17H,1H3,(H,18,19). The number of phenolic OH excluding ortho intramolecular Hbond substituents is 1. The van der Waals surface area contributed by atoms with E-state index in [2.05, 4.69) is 4.72 Å². The van der Waals surface area contributed by atoms with Gasteiger partial charge in [-0.15, -0.1) is 0 Å². The van der Waals surface area contributed by atoms with Crippen LogP contribution in [0.5, 0.6) is 5.75 Å². The lowest BCUT2D eigenvalue weighted by atomic mass is 10.2. The lowest BCUT2D eigenvalue weighted by molar-refractivity contribution is 0.0697. The van der Waals surface area contributed by atoms with Crippen LogP contribution >= 0.6 is 11.6 Å². The SMILES string of the molecule is Cc1cc(O)ccc1NS(=O)(=O)c1ccc(Cl)c(C(=O)O)c1. The van der Waals surface area contributed by atoms with Crippen LogP contribution in [0.2, 0.25) is 5.02 Å². The Bertz CT molecular complexity index is 848. The number of sulfonamides is 1. The molecule has 0 aromatic heterocycles. The van der Waals surface area contributed by atoms with Crippen LogP contribution < -0.4 is 4.72 Å². The summed E-state index contributed by atoms with van der Waals surface area (Å²) >= 11 is 5.72. The van der Waals surface area contributed by atoms with Crippen LogP contribution in [-0.4, -0.2) is 24.6 Å². The van der Waals surface area contributed by atoms with E-state index < -0.39 is 16.0 Å². The predicted molar refractivity (Wildman–Crippen MR) is 82.1 cm³/mol. The predicted octanol–water partition coefficient (Wildman–Crippen LogP) is 2.85. The molecule has 22 heavy (non-hydrogen) atoms. The van der Waals surface area contributed by atoms with Gasteiger partial charge in [0, 0.05) is 0 Å². The number of carbonyl (C=O) groups is 1. The maximum Gasteiger partial charge on any atom is 0.337 e. The molecular weight excluding hydrogens is 330 g/mol. The first-order chi connectivity index (χ1) is 10.2. The van der Waals surface area contributed by atoms with Crippen LogP contribution in [0.3, 0.4) is 0 Å². The fourth-order valence-electron chi connectivity index (χ4n) is 1.80. The summed E-state index contributed by atoms with van der Waals surface area (Å²) < 4.78 is 27.0. The molecule has 0 aliphatic heterocycles. The molecule has 0 heterocycles. The van der Waals surface area contributed by atoms with Gasteiger partial charge in [-0.1, -0.05) is 11.6 Å². The Hall–Kier alpha value is -2.25. The van der Waals surface area contributed by atoms with Crippen molar-refractivity contribution in [3.05, 3.63) is 52.5 Å². The second-order valence-electron chi connectivity index (χ2n) is 4.55. The van der Waals surface area contributed by atoms with E-state index >= 15 is 0 Å². The van der Waals surface area contributed by atoms with E-state index in [9.17, 15) is 18.3 Å². The highest BCUT2D eigenvalue weighted by molar-refractivity contribution is 7.92. The maximum atomic E-state index is 12.3. The number of aryl methyl sites for hydroxylation is 1. The number of carboxylic acid groups (broad SMARTS) is 1. The molecule has 0 fully saturated rings. The van der Waals surface area contributed by atoms with E-state index in [-0.39, 0.29) is 26.9 Å². The molecule has 116 valence electrons. The summed E-state index contributed by atoms with van der Waals surface area (Å²) in [4.78, 5) is 10.8. The minimum Gasteiger partial charge on any atom is -0.508 e. The van der Waals surface area contributed by atoms with E-state index in [1.807, 2.05) is 0 Å². The zero-order chi connectivity index (χ0) is 16.5. The number of anilines is 1. The molecular formula is C14H12ClNO5S. The highest BCUT2D eigenvalue weighted by Gasteiger charge is 2.19. The molecule has 0 radical (unpaired) electrons. The highest BCUT2D eigenvalue weighted by atomic mass is 35.5. The van der Waals surface area contributed by atoms with Gasteiger partial charge in [-0.25, -0.2) is 13.2 Å². The van der Waals surface area contributed by atoms with Crippen LogP contribution in [0.1, 0.15) is 15.9 Å². The molecule has 2 rings (SSSR count). The van der Waals surface area contributed by atoms with Crippen molar-refractivity contribution in [1.82, 2.24) is 0 Å². The molecule has 0 aliphatic carbocycles. The van der Waals surface area contributed by atoms with Gasteiger partial charge >= 0.3 is 5.97 Å². The smallest absolute Gasteiger partial charge is 0.337 e. The third kappa shape index (κ3) is 3.32. The van der Waals surface area contributed by atoms with Gasteiger partial charge in [-0.3, -0.25) is 4.72 Å². The van der Waals surface area contributed by atoms with E-state index in [1.165, 1.54) is 30.3 Å². The summed E-state index contributed by atoms with van der Waals surface area (Å²) in [7, 11) is -3.98. The Morgan fingerprint density at radius 3 is 2.45 bits per heavy atom. The molecule has 0 aliphatic rings. The van der Waals surface area contributed by atoms with Crippen LogP contribution in [0.25, 0.3) is 0 Å². The molecule has 0 saturated heterocycles. The van der Waals surface area contributed by atoms with Gasteiger partial charge in [0.15, 0.2) is 0 Å². The monoisotopic (exact) mass is 341 g/mol. The van der Waals surface area contributed by atoms with Crippen molar-refractivity contribution in [2.75, 3.05) is 4.72 Å². The number of nitrogens with one attached hydrogen (secondary N) is 1. The molecule has 8 heteroatoms. The van der Waals surface area contributed by atoms with Gasteiger partial charge in [0.1, 0.15) is 5.75 Å². The lowest BCUT2D eigenvalue weighted by Crippen LogP contribution is -2.14. The van der Waals surface area contributed by atoms with Crippen molar-refractivity contribution in [2.24, 2.45) is 0 Å². The minimum atomic E-state index is -3.98. The molecule has 2 aromatic carbocycles. The van der Waals surface area contributed by atoms with Crippen LogP contribution in [0.4, 0.5) is 5.69 Å². The lowest BCUT2D eigenvalue weighted by Gasteiger charge is -2.11. The molecule has 0 bridgehead atoms. The van der Waals surface area contributed by atoms with Crippen LogP contribution in [0, 0.1) is 6.92 Å². The topological polar surface area (TPSA) is 104 Å². The number of hydrogen-bond donors (Lipinski definition) is 3. The molecule has 6 nitrogen and oxygen atoms in total. The van der Waals surface area contributed by atoms with Gasteiger partial charge in [0.25, 0.3) is 10.0 Å². The summed E-state index contributed by atoms with van der Waals surface area (Å²) in [5.74, 6) is -1.30. The molecule has 0 spiro atoms. The molecule has 3 N–H and O–H groups in total. The summed E-state index contributed by atoms with van der Waals surface area (Å²) in [6.45, 7) is 1.63. The number of benzene rings is 2. The van der Waals surface area contributed by atoms with E-state index in [0.29, 0.717) is 5.56 Å². The van der Waals surface area contributed by atoms with Gasteiger partial charge in [-0.05, 0) is 48.9 Å².